The van der Waals surface area contributed by atoms with E-state index in [9.17, 15) is 28.6 Å². The molecule has 0 radical (unpaired) electrons. The zero-order chi connectivity index (χ0) is 31.8. The molecule has 1 aromatic carbocycles. The Bertz CT molecular complexity index is 1820. The fourth-order valence-corrected chi connectivity index (χ4v) is 5.62. The van der Waals surface area contributed by atoms with Gasteiger partial charge in [0.05, 0.1) is 24.9 Å². The van der Waals surface area contributed by atoms with E-state index in [0.717, 1.165) is 18.2 Å². The van der Waals surface area contributed by atoms with Crippen LogP contribution in [0.1, 0.15) is 62.3 Å². The van der Waals surface area contributed by atoms with Crippen LogP contribution in [0.4, 0.5) is 13.6 Å². The molecule has 4 heterocycles. The second-order valence-electron chi connectivity index (χ2n) is 11.9. The number of fused-ring (bicyclic) bond motifs is 1. The number of amides is 1. The molecule has 1 atom stereocenters. The van der Waals surface area contributed by atoms with Crippen molar-refractivity contribution in [2.45, 2.75) is 64.1 Å². The summed E-state index contributed by atoms with van der Waals surface area (Å²) in [5.74, 6) is 4.25. The number of rotatable bonds is 5. The normalized spacial score (nSPS) is 15.4. The van der Waals surface area contributed by atoms with Crippen LogP contribution in [0.25, 0.3) is 16.8 Å². The third-order valence-electron chi connectivity index (χ3n) is 7.69. The van der Waals surface area contributed by atoms with Crippen LogP contribution < -0.4 is 5.69 Å². The Morgan fingerprint density at radius 1 is 1.14 bits per heavy atom. The van der Waals surface area contributed by atoms with Gasteiger partial charge >= 0.3 is 11.8 Å². The number of carboxylic acid groups (broad SMARTS) is 1. The van der Waals surface area contributed by atoms with Crippen molar-refractivity contribution < 1.29 is 28.5 Å². The van der Waals surface area contributed by atoms with E-state index in [4.69, 9.17) is 9.72 Å². The maximum Gasteiger partial charge on any atom is 0.408 e. The largest absolute Gasteiger partial charge is 0.465 e. The first-order valence-electron chi connectivity index (χ1n) is 14.1. The Morgan fingerprint density at radius 3 is 2.43 bits per heavy atom. The summed E-state index contributed by atoms with van der Waals surface area (Å²) in [6.07, 6.45) is -0.732. The number of nitrogens with one attached hydrogen (secondary N) is 1. The highest BCUT2D eigenvalue weighted by molar-refractivity contribution is 5.73. The van der Waals surface area contributed by atoms with E-state index in [1.165, 1.54) is 9.30 Å². The highest BCUT2D eigenvalue weighted by Gasteiger charge is 2.37. The van der Waals surface area contributed by atoms with Crippen LogP contribution in [0.2, 0.25) is 0 Å². The van der Waals surface area contributed by atoms with Crippen LogP contribution in [-0.2, 0) is 11.2 Å². The van der Waals surface area contributed by atoms with Crippen LogP contribution >= 0.6 is 0 Å². The summed E-state index contributed by atoms with van der Waals surface area (Å²) in [6.45, 7) is 7.60. The molecule has 1 fully saturated rings. The molecule has 12 heteroatoms. The molecule has 0 aliphatic carbocycles. The van der Waals surface area contributed by atoms with Crippen LogP contribution in [0.15, 0.2) is 47.3 Å². The SMILES string of the molecule is Cc1c(-c2ccc(C#CC3(O)CCOCC3)nc2C(Cc2cc(F)cc(F)c2)N(C(=O)O)C(C)(C)C)ccc2n[nH]c(=O)n12. The van der Waals surface area contributed by atoms with E-state index < -0.39 is 40.6 Å². The number of carbonyl (C=O) groups is 1. The number of aliphatic hydroxyl groups is 1. The lowest BCUT2D eigenvalue weighted by atomic mass is 9.90. The van der Waals surface area contributed by atoms with Gasteiger partial charge in [-0.15, -0.1) is 0 Å². The minimum absolute atomic E-state index is 0.122. The number of H-pyrrole nitrogens is 1. The van der Waals surface area contributed by atoms with Crippen molar-refractivity contribution in [1.29, 1.82) is 0 Å². The zero-order valence-corrected chi connectivity index (χ0v) is 24.8. The summed E-state index contributed by atoms with van der Waals surface area (Å²) in [4.78, 5) is 31.5. The summed E-state index contributed by atoms with van der Waals surface area (Å²) in [5.41, 5.74) is 0.0389. The highest BCUT2D eigenvalue weighted by atomic mass is 19.1. The molecule has 4 aromatic rings. The zero-order valence-electron chi connectivity index (χ0n) is 24.8. The fraction of sp³-hybridized carbons (Fsp3) is 0.375. The molecule has 44 heavy (non-hydrogen) atoms. The predicted molar refractivity (Wildman–Crippen MR) is 158 cm³/mol. The molecule has 1 aliphatic heterocycles. The van der Waals surface area contributed by atoms with Crippen LogP contribution in [-0.4, -0.2) is 65.1 Å². The number of halogens is 2. The quantitative estimate of drug-likeness (QED) is 0.283. The van der Waals surface area contributed by atoms with Gasteiger partial charge in [0.15, 0.2) is 5.65 Å². The van der Waals surface area contributed by atoms with E-state index in [2.05, 4.69) is 22.0 Å². The fourth-order valence-electron chi connectivity index (χ4n) is 5.62. The predicted octanol–water partition coefficient (Wildman–Crippen LogP) is 4.63. The van der Waals surface area contributed by atoms with Gasteiger partial charge in [-0.1, -0.05) is 5.92 Å². The third kappa shape index (κ3) is 6.34. The minimum atomic E-state index is -1.27. The minimum Gasteiger partial charge on any atom is -0.465 e. The Kier molecular flexibility index (Phi) is 8.29. The van der Waals surface area contributed by atoms with E-state index in [0.29, 0.717) is 48.5 Å². The smallest absolute Gasteiger partial charge is 0.408 e. The first kappa shape index (κ1) is 30.8. The average molecular weight is 606 g/mol. The van der Waals surface area contributed by atoms with Crippen LogP contribution in [0.5, 0.6) is 0 Å². The van der Waals surface area contributed by atoms with Gasteiger partial charge in [0.1, 0.15) is 22.9 Å². The van der Waals surface area contributed by atoms with Gasteiger partial charge in [-0.3, -0.25) is 4.90 Å². The summed E-state index contributed by atoms with van der Waals surface area (Å²) in [7, 11) is 0. The van der Waals surface area contributed by atoms with Gasteiger partial charge in [0.25, 0.3) is 0 Å². The number of aryl methyl sites for hydroxylation is 1. The lowest BCUT2D eigenvalue weighted by molar-refractivity contribution is -0.0262. The van der Waals surface area contributed by atoms with Crippen LogP contribution in [0, 0.1) is 30.4 Å². The molecule has 5 rings (SSSR count). The van der Waals surface area contributed by atoms with E-state index in [1.54, 1.807) is 52.0 Å². The molecule has 1 amide bonds. The monoisotopic (exact) mass is 605 g/mol. The maximum atomic E-state index is 14.3. The molecule has 0 saturated carbocycles. The van der Waals surface area contributed by atoms with Gasteiger partial charge in [-0.05, 0) is 82.0 Å². The van der Waals surface area contributed by atoms with Gasteiger partial charge in [-0.2, -0.15) is 5.10 Å². The molecule has 0 bridgehead atoms. The second kappa shape index (κ2) is 11.8. The number of ether oxygens (including phenoxy) is 1. The molecular weight excluding hydrogens is 572 g/mol. The van der Waals surface area contributed by atoms with Crippen molar-refractivity contribution >= 4 is 11.7 Å². The van der Waals surface area contributed by atoms with Crippen molar-refractivity contribution in [3.05, 3.63) is 87.2 Å². The van der Waals surface area contributed by atoms with Gasteiger partial charge in [-0.25, -0.2) is 32.9 Å². The lowest BCUT2D eigenvalue weighted by Gasteiger charge is -2.40. The van der Waals surface area contributed by atoms with Crippen molar-refractivity contribution in [2.24, 2.45) is 0 Å². The topological polar surface area (TPSA) is 133 Å². The number of pyridine rings is 2. The summed E-state index contributed by atoms with van der Waals surface area (Å²) in [5, 5.41) is 27.9. The van der Waals surface area contributed by atoms with E-state index >= 15 is 0 Å². The Labute approximate surface area is 252 Å². The number of nitrogens with zero attached hydrogens (tertiary/aromatic N) is 4. The van der Waals surface area contributed by atoms with Gasteiger partial charge in [0.2, 0.25) is 0 Å². The molecule has 230 valence electrons. The first-order valence-corrected chi connectivity index (χ1v) is 14.1. The summed E-state index contributed by atoms with van der Waals surface area (Å²) >= 11 is 0. The van der Waals surface area contributed by atoms with Crippen molar-refractivity contribution in [2.75, 3.05) is 13.2 Å². The standard InChI is InChI=1S/C32H33F2N5O5/c1-19-24(7-8-27-36-37-29(40)38(19)27)25-6-5-23(9-10-32(43)11-13-44-14-12-32)35-28(25)26(39(30(41)42)31(2,3)4)17-20-15-21(33)18-22(34)16-20/h5-8,15-16,18,26,43H,11-14,17H2,1-4H3,(H,37,40)(H,41,42). The summed E-state index contributed by atoms with van der Waals surface area (Å²) in [6, 6.07) is 8.79. The van der Waals surface area contributed by atoms with E-state index in [1.807, 2.05) is 0 Å². The van der Waals surface area contributed by atoms with Crippen molar-refractivity contribution in [3.63, 3.8) is 0 Å². The molecule has 1 saturated heterocycles. The van der Waals surface area contributed by atoms with Crippen molar-refractivity contribution in [3.8, 4) is 23.0 Å². The first-order chi connectivity index (χ1) is 20.8. The van der Waals surface area contributed by atoms with Gasteiger partial charge in [0, 0.05) is 41.3 Å². The number of benzene rings is 1. The molecule has 10 nitrogen and oxygen atoms in total. The average Bonchev–Trinajstić information content (AvgIpc) is 3.32. The number of hydrogen-bond acceptors (Lipinski definition) is 6. The third-order valence-corrected chi connectivity index (χ3v) is 7.69. The van der Waals surface area contributed by atoms with Crippen LogP contribution in [0.3, 0.4) is 0 Å². The molecule has 3 N–H and O–H groups in total. The molecular formula is C32H33F2N5O5. The number of aromatic amines is 1. The Hall–Kier alpha value is -4.60. The molecule has 0 spiro atoms. The molecule has 3 aromatic heterocycles. The molecule has 1 aliphatic rings. The Balaban J connectivity index is 1.76. The number of hydrogen-bond donors (Lipinski definition) is 3. The number of aromatic nitrogens is 4. The second-order valence-corrected chi connectivity index (χ2v) is 11.9. The Morgan fingerprint density at radius 2 is 1.80 bits per heavy atom. The lowest BCUT2D eigenvalue weighted by Crippen LogP contribution is -2.48. The van der Waals surface area contributed by atoms with E-state index in [-0.39, 0.29) is 23.4 Å². The van der Waals surface area contributed by atoms with Gasteiger partial charge < -0.3 is 14.9 Å². The maximum absolute atomic E-state index is 14.3. The van der Waals surface area contributed by atoms with Crippen molar-refractivity contribution in [1.82, 2.24) is 24.5 Å². The summed E-state index contributed by atoms with van der Waals surface area (Å²) < 4.78 is 35.4. The molecule has 1 unspecified atom stereocenters. The highest BCUT2D eigenvalue weighted by Crippen LogP contribution is 2.38.